The number of hydrogen-bond acceptors (Lipinski definition) is 8. The average Bonchev–Trinajstić information content (AvgIpc) is 3.38. The zero-order valence-electron chi connectivity index (χ0n) is 48.1. The number of carbonyl (C=O) groups excluding carboxylic acids is 2. The second kappa shape index (κ2) is 59.5. The van der Waals surface area contributed by atoms with E-state index in [9.17, 15) is 19.0 Å². The summed E-state index contributed by atoms with van der Waals surface area (Å²) in [5, 5.41) is 0. The standard InChI is InChI=1S/C63H120NO8P/c1-3-5-7-9-11-13-15-17-18-19-20-21-22-23-24-25-26-27-28-29-30-31-32-33-34-35-36-37-38-39-40-41-42-44-45-47-49-51-53-55-62(65)69-59-61(60-71-73(67,68)70-58-57-64)72-63(66)56-54-52-50-48-46-43-16-14-12-10-8-6-4-2/h8,10,14,16,19-20,61H,3-7,9,11-13,15,17-18,21-60,64H2,1-2H3,(H,67,68)/b10-8-,16-14-,20-19-. The molecule has 0 radical (unpaired) electrons. The largest absolute Gasteiger partial charge is 0.472 e. The summed E-state index contributed by atoms with van der Waals surface area (Å²) in [4.78, 5) is 35.1. The molecule has 73 heavy (non-hydrogen) atoms. The van der Waals surface area contributed by atoms with Crippen molar-refractivity contribution >= 4 is 19.8 Å². The van der Waals surface area contributed by atoms with Gasteiger partial charge >= 0.3 is 19.8 Å². The molecule has 0 aromatic carbocycles. The van der Waals surface area contributed by atoms with Gasteiger partial charge in [-0.3, -0.25) is 18.6 Å². The van der Waals surface area contributed by atoms with E-state index in [-0.39, 0.29) is 38.6 Å². The first-order valence-electron chi connectivity index (χ1n) is 31.5. The molecule has 9 nitrogen and oxygen atoms in total. The van der Waals surface area contributed by atoms with Gasteiger partial charge in [0.15, 0.2) is 6.10 Å². The van der Waals surface area contributed by atoms with Crippen molar-refractivity contribution in [3.05, 3.63) is 36.5 Å². The highest BCUT2D eigenvalue weighted by Gasteiger charge is 2.26. The van der Waals surface area contributed by atoms with Gasteiger partial charge in [-0.2, -0.15) is 0 Å². The molecule has 0 fully saturated rings. The number of unbranched alkanes of at least 4 members (excludes halogenated alkanes) is 41. The Bertz CT molecular complexity index is 1290. The Hall–Kier alpha value is -1.77. The van der Waals surface area contributed by atoms with Crippen molar-refractivity contribution in [2.45, 2.75) is 328 Å². The molecule has 0 heterocycles. The van der Waals surface area contributed by atoms with E-state index < -0.39 is 26.5 Å². The van der Waals surface area contributed by atoms with Crippen molar-refractivity contribution in [2.24, 2.45) is 5.73 Å². The summed E-state index contributed by atoms with van der Waals surface area (Å²) in [7, 11) is -4.39. The molecule has 0 saturated carbocycles. The second-order valence-corrected chi connectivity index (χ2v) is 22.7. The number of phosphoric acid groups is 1. The number of nitrogens with two attached hydrogens (primary N) is 1. The number of phosphoric ester groups is 1. The lowest BCUT2D eigenvalue weighted by Crippen LogP contribution is -2.29. The number of allylic oxidation sites excluding steroid dienone is 6. The Morgan fingerprint density at radius 1 is 0.411 bits per heavy atom. The average molecular weight is 1050 g/mol. The first-order valence-corrected chi connectivity index (χ1v) is 33.0. The van der Waals surface area contributed by atoms with Crippen molar-refractivity contribution in [3.8, 4) is 0 Å². The summed E-state index contributed by atoms with van der Waals surface area (Å²) in [6, 6.07) is 0. The maximum Gasteiger partial charge on any atom is 0.472 e. The number of rotatable bonds is 60. The Kier molecular flexibility index (Phi) is 58.0. The van der Waals surface area contributed by atoms with E-state index in [0.717, 1.165) is 64.2 Å². The fourth-order valence-corrected chi connectivity index (χ4v) is 10.1. The summed E-state index contributed by atoms with van der Waals surface area (Å²) >= 11 is 0. The van der Waals surface area contributed by atoms with Crippen LogP contribution in [0.15, 0.2) is 36.5 Å². The Labute approximate surface area is 452 Å². The lowest BCUT2D eigenvalue weighted by molar-refractivity contribution is -0.161. The minimum atomic E-state index is -4.39. The van der Waals surface area contributed by atoms with Crippen molar-refractivity contribution in [1.82, 2.24) is 0 Å². The van der Waals surface area contributed by atoms with Gasteiger partial charge in [-0.05, 0) is 64.2 Å². The van der Waals surface area contributed by atoms with Crippen LogP contribution in [0.25, 0.3) is 0 Å². The molecule has 0 amide bonds. The van der Waals surface area contributed by atoms with Crippen LogP contribution in [0.5, 0.6) is 0 Å². The monoisotopic (exact) mass is 1050 g/mol. The van der Waals surface area contributed by atoms with E-state index in [1.165, 1.54) is 225 Å². The van der Waals surface area contributed by atoms with Crippen LogP contribution in [-0.2, 0) is 32.7 Å². The third kappa shape index (κ3) is 59.3. The molecule has 2 atom stereocenters. The van der Waals surface area contributed by atoms with E-state index in [0.29, 0.717) is 6.42 Å². The topological polar surface area (TPSA) is 134 Å². The quantitative estimate of drug-likeness (QED) is 0.0264. The molecule has 3 N–H and O–H groups in total. The summed E-state index contributed by atoms with van der Waals surface area (Å²) < 4.78 is 32.9. The van der Waals surface area contributed by atoms with Crippen LogP contribution in [0.2, 0.25) is 0 Å². The molecule has 0 aliphatic rings. The van der Waals surface area contributed by atoms with Crippen molar-refractivity contribution in [3.63, 3.8) is 0 Å². The number of carbonyl (C=O) groups is 2. The molecule has 430 valence electrons. The van der Waals surface area contributed by atoms with Crippen LogP contribution < -0.4 is 5.73 Å². The van der Waals surface area contributed by atoms with Gasteiger partial charge in [0, 0.05) is 19.4 Å². The van der Waals surface area contributed by atoms with Crippen molar-refractivity contribution in [1.29, 1.82) is 0 Å². The van der Waals surface area contributed by atoms with Gasteiger partial charge in [-0.1, -0.05) is 281 Å². The molecule has 0 rings (SSSR count). The number of ether oxygens (including phenoxy) is 2. The third-order valence-corrected chi connectivity index (χ3v) is 15.0. The smallest absolute Gasteiger partial charge is 0.462 e. The van der Waals surface area contributed by atoms with Crippen LogP contribution in [0.4, 0.5) is 0 Å². The van der Waals surface area contributed by atoms with Gasteiger partial charge in [-0.15, -0.1) is 0 Å². The Morgan fingerprint density at radius 2 is 0.740 bits per heavy atom. The molecule has 2 unspecified atom stereocenters. The highest BCUT2D eigenvalue weighted by atomic mass is 31.2. The van der Waals surface area contributed by atoms with Crippen molar-refractivity contribution in [2.75, 3.05) is 26.4 Å². The summed E-state index contributed by atoms with van der Waals surface area (Å²) in [5.74, 6) is -0.832. The van der Waals surface area contributed by atoms with Crippen LogP contribution >= 0.6 is 7.82 Å². The molecule has 0 aliphatic carbocycles. The van der Waals surface area contributed by atoms with E-state index in [1.54, 1.807) is 0 Å². The van der Waals surface area contributed by atoms with Gasteiger partial charge in [0.1, 0.15) is 6.61 Å². The molecular weight excluding hydrogens is 930 g/mol. The Morgan fingerprint density at radius 3 is 1.11 bits per heavy atom. The Balaban J connectivity index is 3.70. The van der Waals surface area contributed by atoms with Crippen LogP contribution in [-0.4, -0.2) is 49.3 Å². The maximum absolute atomic E-state index is 12.6. The number of hydrogen-bond donors (Lipinski definition) is 2. The first-order chi connectivity index (χ1) is 35.8. The van der Waals surface area contributed by atoms with E-state index >= 15 is 0 Å². The lowest BCUT2D eigenvalue weighted by Gasteiger charge is -2.19. The molecule has 0 aromatic rings. The fraction of sp³-hybridized carbons (Fsp3) is 0.873. The maximum atomic E-state index is 12.6. The predicted octanol–water partition coefficient (Wildman–Crippen LogP) is 20.0. The molecular formula is C63H120NO8P. The predicted molar refractivity (Wildman–Crippen MR) is 312 cm³/mol. The van der Waals surface area contributed by atoms with Crippen LogP contribution in [0.3, 0.4) is 0 Å². The molecule has 10 heteroatoms. The molecule has 0 aromatic heterocycles. The molecule has 0 aliphatic heterocycles. The van der Waals surface area contributed by atoms with Gasteiger partial charge in [0.05, 0.1) is 13.2 Å². The van der Waals surface area contributed by atoms with E-state index in [2.05, 4.69) is 50.3 Å². The minimum Gasteiger partial charge on any atom is -0.462 e. The summed E-state index contributed by atoms with van der Waals surface area (Å²) in [6.07, 6.45) is 72.6. The summed E-state index contributed by atoms with van der Waals surface area (Å²) in [6.45, 7) is 3.69. The third-order valence-electron chi connectivity index (χ3n) is 14.0. The number of esters is 2. The SMILES string of the molecule is CCC/C=C\C/C=C\CCCCCCCC(=O)OC(COC(=O)CCCCCCCCCCCCCCCCCCCCCCCCCCCCC/C=C\CCCCCCCCCC)COP(=O)(O)OCCN. The highest BCUT2D eigenvalue weighted by molar-refractivity contribution is 7.47. The molecule has 0 bridgehead atoms. The minimum absolute atomic E-state index is 0.0521. The first kappa shape index (κ1) is 71.2. The molecule has 0 saturated heterocycles. The van der Waals surface area contributed by atoms with Crippen LogP contribution in [0, 0.1) is 0 Å². The zero-order valence-corrected chi connectivity index (χ0v) is 49.0. The lowest BCUT2D eigenvalue weighted by atomic mass is 10.0. The van der Waals surface area contributed by atoms with E-state index in [4.69, 9.17) is 24.3 Å². The summed E-state index contributed by atoms with van der Waals surface area (Å²) in [5.41, 5.74) is 5.37. The van der Waals surface area contributed by atoms with E-state index in [1.807, 2.05) is 0 Å². The fourth-order valence-electron chi connectivity index (χ4n) is 9.32. The second-order valence-electron chi connectivity index (χ2n) is 21.3. The van der Waals surface area contributed by atoms with Crippen LogP contribution in [0.1, 0.15) is 322 Å². The highest BCUT2D eigenvalue weighted by Crippen LogP contribution is 2.43. The van der Waals surface area contributed by atoms with Gasteiger partial charge in [0.2, 0.25) is 0 Å². The van der Waals surface area contributed by atoms with Gasteiger partial charge < -0.3 is 20.1 Å². The van der Waals surface area contributed by atoms with Crippen molar-refractivity contribution < 1.29 is 37.6 Å². The molecule has 0 spiro atoms. The van der Waals surface area contributed by atoms with Gasteiger partial charge in [-0.25, -0.2) is 4.57 Å². The normalized spacial score (nSPS) is 13.2. The zero-order chi connectivity index (χ0) is 53.1. The van der Waals surface area contributed by atoms with Gasteiger partial charge in [0.25, 0.3) is 0 Å².